The number of benzene rings is 1. The molecule has 2 heterocycles. The molecule has 1 N–H and O–H groups in total. The summed E-state index contributed by atoms with van der Waals surface area (Å²) in [6.45, 7) is 0.237. The zero-order chi connectivity index (χ0) is 15.0. The van der Waals surface area contributed by atoms with E-state index in [0.717, 1.165) is 10.9 Å². The number of carboxylic acids is 1. The van der Waals surface area contributed by atoms with E-state index in [1.807, 2.05) is 6.07 Å². The highest BCUT2D eigenvalue weighted by Gasteiger charge is 2.36. The molecule has 5 nitrogen and oxygen atoms in total. The molecular weight excluding hydrogens is 292 g/mol. The summed E-state index contributed by atoms with van der Waals surface area (Å²) < 4.78 is 0. The lowest BCUT2D eigenvalue weighted by molar-refractivity contribution is -0.146. The molecule has 0 aliphatic carbocycles. The van der Waals surface area contributed by atoms with Gasteiger partial charge in [-0.05, 0) is 30.2 Å². The van der Waals surface area contributed by atoms with Gasteiger partial charge in [0.15, 0.2) is 0 Å². The minimum Gasteiger partial charge on any atom is -0.480 e. The maximum atomic E-state index is 11.9. The van der Waals surface area contributed by atoms with Crippen molar-refractivity contribution in [1.29, 1.82) is 0 Å². The number of hydrogen-bond acceptors (Lipinski definition) is 3. The number of nitrogens with zero attached hydrogens (tertiary/aromatic N) is 2. The van der Waals surface area contributed by atoms with Crippen LogP contribution in [0, 0.1) is 0 Å². The molecule has 0 radical (unpaired) electrons. The summed E-state index contributed by atoms with van der Waals surface area (Å²) in [5, 5.41) is 10.6. The smallest absolute Gasteiger partial charge is 0.326 e. The van der Waals surface area contributed by atoms with E-state index in [-0.39, 0.29) is 18.9 Å². The van der Waals surface area contributed by atoms with Crippen LogP contribution in [0.5, 0.6) is 0 Å². The van der Waals surface area contributed by atoms with Crippen molar-refractivity contribution in [1.82, 2.24) is 9.88 Å². The molecule has 1 amide bonds. The third-order valence-electron chi connectivity index (χ3n) is 3.75. The first-order valence-corrected chi connectivity index (χ1v) is 7.00. The predicted octanol–water partition coefficient (Wildman–Crippen LogP) is 2.46. The van der Waals surface area contributed by atoms with Gasteiger partial charge in [0.25, 0.3) is 0 Å². The Hall–Kier alpha value is -2.14. The fourth-order valence-electron chi connectivity index (χ4n) is 2.70. The molecule has 1 saturated heterocycles. The van der Waals surface area contributed by atoms with Crippen LogP contribution in [-0.2, 0) is 16.1 Å². The van der Waals surface area contributed by atoms with Gasteiger partial charge >= 0.3 is 5.97 Å². The second kappa shape index (κ2) is 5.33. The molecule has 1 aliphatic rings. The number of fused-ring (bicyclic) bond motifs is 1. The van der Waals surface area contributed by atoms with Crippen molar-refractivity contribution in [3.8, 4) is 0 Å². The minimum absolute atomic E-state index is 0.138. The van der Waals surface area contributed by atoms with Gasteiger partial charge < -0.3 is 10.0 Å². The van der Waals surface area contributed by atoms with Crippen LogP contribution >= 0.6 is 11.6 Å². The molecule has 1 aliphatic heterocycles. The fraction of sp³-hybridized carbons (Fsp3) is 0.267. The van der Waals surface area contributed by atoms with E-state index in [2.05, 4.69) is 4.98 Å². The molecule has 2 aromatic rings. The quantitative estimate of drug-likeness (QED) is 0.945. The van der Waals surface area contributed by atoms with Crippen LogP contribution in [0.3, 0.4) is 0 Å². The van der Waals surface area contributed by atoms with Gasteiger partial charge in [0.2, 0.25) is 5.91 Å². The first-order valence-electron chi connectivity index (χ1n) is 6.62. The Morgan fingerprint density at radius 3 is 3.00 bits per heavy atom. The molecule has 6 heteroatoms. The van der Waals surface area contributed by atoms with Crippen LogP contribution in [0.4, 0.5) is 0 Å². The van der Waals surface area contributed by atoms with E-state index >= 15 is 0 Å². The van der Waals surface area contributed by atoms with Crippen LogP contribution in [0.25, 0.3) is 10.9 Å². The lowest BCUT2D eigenvalue weighted by atomic mass is 10.1. The van der Waals surface area contributed by atoms with E-state index in [0.29, 0.717) is 17.0 Å². The molecule has 21 heavy (non-hydrogen) atoms. The van der Waals surface area contributed by atoms with E-state index in [1.54, 1.807) is 24.4 Å². The van der Waals surface area contributed by atoms with Crippen molar-refractivity contribution in [2.45, 2.75) is 25.4 Å². The summed E-state index contributed by atoms with van der Waals surface area (Å²) in [4.78, 5) is 28.9. The van der Waals surface area contributed by atoms with Gasteiger partial charge in [-0.3, -0.25) is 9.78 Å². The van der Waals surface area contributed by atoms with Gasteiger partial charge in [-0.2, -0.15) is 0 Å². The zero-order valence-electron chi connectivity index (χ0n) is 11.1. The summed E-state index contributed by atoms with van der Waals surface area (Å²) >= 11 is 6.14. The van der Waals surface area contributed by atoms with E-state index in [4.69, 9.17) is 11.6 Å². The highest BCUT2D eigenvalue weighted by molar-refractivity contribution is 6.35. The Morgan fingerprint density at radius 1 is 1.43 bits per heavy atom. The highest BCUT2D eigenvalue weighted by Crippen LogP contribution is 2.28. The number of carbonyl (C=O) groups is 2. The molecule has 1 atom stereocenters. The molecule has 0 spiro atoms. The Kier molecular flexibility index (Phi) is 3.51. The maximum absolute atomic E-state index is 11.9. The summed E-state index contributed by atoms with van der Waals surface area (Å²) in [5.74, 6) is -1.10. The summed E-state index contributed by atoms with van der Waals surface area (Å²) in [7, 11) is 0. The van der Waals surface area contributed by atoms with Crippen LogP contribution in [0.15, 0.2) is 30.5 Å². The largest absolute Gasteiger partial charge is 0.480 e. The Bertz CT molecular complexity index is 732. The average Bonchev–Trinajstić information content (AvgIpc) is 2.84. The number of hydrogen-bond donors (Lipinski definition) is 1. The van der Waals surface area contributed by atoms with E-state index < -0.39 is 12.0 Å². The topological polar surface area (TPSA) is 70.5 Å². The number of amides is 1. The van der Waals surface area contributed by atoms with Crippen LogP contribution < -0.4 is 0 Å². The number of pyridine rings is 1. The van der Waals surface area contributed by atoms with Crippen LogP contribution in [0.1, 0.15) is 18.4 Å². The number of rotatable bonds is 3. The standard InChI is InChI=1S/C15H13ClN2O3/c16-11-4-3-9(14-10(11)2-1-7-17-14)8-18-12(15(20)21)5-6-13(18)19/h1-4,7,12H,5-6,8H2,(H,20,21). The average molecular weight is 305 g/mol. The third-order valence-corrected chi connectivity index (χ3v) is 4.08. The zero-order valence-corrected chi connectivity index (χ0v) is 11.9. The number of halogens is 1. The van der Waals surface area contributed by atoms with Crippen LogP contribution in [-0.4, -0.2) is 32.9 Å². The molecule has 3 rings (SSSR count). The SMILES string of the molecule is O=C(O)C1CCC(=O)N1Cc1ccc(Cl)c2cccnc12. The lowest BCUT2D eigenvalue weighted by Gasteiger charge is -2.22. The summed E-state index contributed by atoms with van der Waals surface area (Å²) in [6.07, 6.45) is 2.28. The van der Waals surface area contributed by atoms with Gasteiger partial charge in [0.1, 0.15) is 6.04 Å². The number of carbonyl (C=O) groups excluding carboxylic acids is 1. The first kappa shape index (κ1) is 13.8. The molecular formula is C15H13ClN2O3. The van der Waals surface area contributed by atoms with Crippen molar-refractivity contribution >= 4 is 34.4 Å². The number of aliphatic carboxylic acids is 1. The second-order valence-electron chi connectivity index (χ2n) is 5.02. The van der Waals surface area contributed by atoms with Gasteiger partial charge in [-0.15, -0.1) is 0 Å². The lowest BCUT2D eigenvalue weighted by Crippen LogP contribution is -2.37. The normalized spacial score (nSPS) is 18.4. The van der Waals surface area contributed by atoms with Crippen molar-refractivity contribution in [3.63, 3.8) is 0 Å². The van der Waals surface area contributed by atoms with Gasteiger partial charge in [0, 0.05) is 29.6 Å². The predicted molar refractivity (Wildman–Crippen MR) is 78.0 cm³/mol. The van der Waals surface area contributed by atoms with Gasteiger partial charge in [0.05, 0.1) is 5.52 Å². The molecule has 108 valence electrons. The molecule has 1 aromatic heterocycles. The monoisotopic (exact) mass is 304 g/mol. The molecule has 1 unspecified atom stereocenters. The molecule has 1 fully saturated rings. The number of carboxylic acid groups (broad SMARTS) is 1. The maximum Gasteiger partial charge on any atom is 0.326 e. The number of aromatic nitrogens is 1. The van der Waals surface area contributed by atoms with E-state index in [9.17, 15) is 14.7 Å². The van der Waals surface area contributed by atoms with Crippen molar-refractivity contribution < 1.29 is 14.7 Å². The third kappa shape index (κ3) is 2.45. The van der Waals surface area contributed by atoms with Crippen molar-refractivity contribution in [3.05, 3.63) is 41.0 Å². The highest BCUT2D eigenvalue weighted by atomic mass is 35.5. The summed E-state index contributed by atoms with van der Waals surface area (Å²) in [5.41, 5.74) is 1.50. The fourth-order valence-corrected chi connectivity index (χ4v) is 2.91. The molecule has 0 bridgehead atoms. The van der Waals surface area contributed by atoms with Gasteiger partial charge in [-0.1, -0.05) is 17.7 Å². The van der Waals surface area contributed by atoms with Gasteiger partial charge in [-0.25, -0.2) is 4.79 Å². The van der Waals surface area contributed by atoms with Crippen LogP contribution in [0.2, 0.25) is 5.02 Å². The van der Waals surface area contributed by atoms with E-state index in [1.165, 1.54) is 4.90 Å². The Morgan fingerprint density at radius 2 is 2.24 bits per heavy atom. The van der Waals surface area contributed by atoms with Crippen molar-refractivity contribution in [2.75, 3.05) is 0 Å². The molecule has 1 aromatic carbocycles. The number of likely N-dealkylation sites (tertiary alicyclic amines) is 1. The Balaban J connectivity index is 2.00. The Labute approximate surface area is 126 Å². The first-order chi connectivity index (χ1) is 10.1. The molecule has 0 saturated carbocycles. The van der Waals surface area contributed by atoms with Crippen molar-refractivity contribution in [2.24, 2.45) is 0 Å². The second-order valence-corrected chi connectivity index (χ2v) is 5.43. The summed E-state index contributed by atoms with van der Waals surface area (Å²) in [6, 6.07) is 6.43. The minimum atomic E-state index is -0.966.